The second-order valence-electron chi connectivity index (χ2n) is 3.40. The van der Waals surface area contributed by atoms with Crippen molar-refractivity contribution in [2.24, 2.45) is 0 Å². The molecule has 8 nitrogen and oxygen atoms in total. The molecule has 2 aromatic rings. The summed E-state index contributed by atoms with van der Waals surface area (Å²) >= 11 is 0. The summed E-state index contributed by atoms with van der Waals surface area (Å²) in [7, 11) is 0. The number of carbonyl (C=O) groups is 1. The van der Waals surface area contributed by atoms with Crippen LogP contribution in [-0.4, -0.2) is 26.0 Å². The van der Waals surface area contributed by atoms with Gasteiger partial charge in [-0.1, -0.05) is 18.2 Å². The molecule has 0 fully saturated rings. The summed E-state index contributed by atoms with van der Waals surface area (Å²) in [6.07, 6.45) is 1.21. The van der Waals surface area contributed by atoms with Crippen LogP contribution in [0.1, 0.15) is 16.2 Å². The molecule has 0 aliphatic rings. The zero-order valence-corrected chi connectivity index (χ0v) is 9.16. The smallest absolute Gasteiger partial charge is 0.288 e. The molecule has 0 unspecified atom stereocenters. The summed E-state index contributed by atoms with van der Waals surface area (Å²) in [5.74, 6) is -0.403. The van der Waals surface area contributed by atoms with Gasteiger partial charge in [0.1, 0.15) is 6.33 Å². The average Bonchev–Trinajstić information content (AvgIpc) is 2.90. The molecule has 0 aliphatic carbocycles. The standard InChI is InChI=1S/C10H9N5O3/c16-10(9-12-6-13-14-9)11-5-7-3-1-2-4-8(7)15(17)18/h1-4,6H,5H2,(H,11,16)(H,12,13,14). The van der Waals surface area contributed by atoms with Crippen LogP contribution < -0.4 is 5.32 Å². The van der Waals surface area contributed by atoms with Gasteiger partial charge in [0.25, 0.3) is 11.6 Å². The molecule has 1 aromatic carbocycles. The number of rotatable bonds is 4. The number of nitrogens with zero attached hydrogens (tertiary/aromatic N) is 3. The van der Waals surface area contributed by atoms with E-state index < -0.39 is 10.8 Å². The minimum Gasteiger partial charge on any atom is -0.345 e. The lowest BCUT2D eigenvalue weighted by Gasteiger charge is -2.03. The summed E-state index contributed by atoms with van der Waals surface area (Å²) in [4.78, 5) is 25.5. The predicted molar refractivity (Wildman–Crippen MR) is 60.6 cm³/mol. The molecule has 0 radical (unpaired) electrons. The van der Waals surface area contributed by atoms with Crippen LogP contribution in [0.4, 0.5) is 5.69 Å². The zero-order chi connectivity index (χ0) is 13.0. The van der Waals surface area contributed by atoms with Crippen molar-refractivity contribution in [1.29, 1.82) is 0 Å². The van der Waals surface area contributed by atoms with Crippen LogP contribution in [0.2, 0.25) is 0 Å². The molecule has 8 heteroatoms. The molecule has 2 N–H and O–H groups in total. The third-order valence-electron chi connectivity index (χ3n) is 2.26. The highest BCUT2D eigenvalue weighted by Crippen LogP contribution is 2.17. The molecule has 0 saturated carbocycles. The number of hydrogen-bond donors (Lipinski definition) is 2. The highest BCUT2D eigenvalue weighted by atomic mass is 16.6. The monoisotopic (exact) mass is 247 g/mol. The third-order valence-corrected chi connectivity index (χ3v) is 2.26. The first-order valence-electron chi connectivity index (χ1n) is 5.04. The second kappa shape index (κ2) is 5.04. The average molecular weight is 247 g/mol. The Morgan fingerprint density at radius 2 is 2.22 bits per heavy atom. The highest BCUT2D eigenvalue weighted by molar-refractivity contribution is 5.90. The molecule has 0 bridgehead atoms. The van der Waals surface area contributed by atoms with Crippen LogP contribution >= 0.6 is 0 Å². The first kappa shape index (κ1) is 11.7. The normalized spacial score (nSPS) is 10.0. The van der Waals surface area contributed by atoms with Gasteiger partial charge in [-0.15, -0.1) is 0 Å². The predicted octanol–water partition coefficient (Wildman–Crippen LogP) is 0.643. The first-order chi connectivity index (χ1) is 8.68. The Balaban J connectivity index is 2.07. The maximum atomic E-state index is 11.5. The number of hydrogen-bond acceptors (Lipinski definition) is 5. The van der Waals surface area contributed by atoms with Crippen LogP contribution in [0.25, 0.3) is 0 Å². The minimum absolute atomic E-state index is 0.0321. The number of nitro groups is 1. The van der Waals surface area contributed by atoms with Crippen molar-refractivity contribution in [2.45, 2.75) is 6.54 Å². The number of para-hydroxylation sites is 1. The molecule has 1 heterocycles. The summed E-state index contributed by atoms with van der Waals surface area (Å²) < 4.78 is 0. The Morgan fingerprint density at radius 1 is 1.44 bits per heavy atom. The van der Waals surface area contributed by atoms with Gasteiger partial charge in [0.05, 0.1) is 4.92 Å². The quantitative estimate of drug-likeness (QED) is 0.608. The summed E-state index contributed by atoms with van der Waals surface area (Å²) in [5, 5.41) is 19.2. The van der Waals surface area contributed by atoms with Crippen LogP contribution in [0.5, 0.6) is 0 Å². The van der Waals surface area contributed by atoms with E-state index in [1.807, 2.05) is 0 Å². The fourth-order valence-corrected chi connectivity index (χ4v) is 1.41. The Bertz CT molecular complexity index is 567. The number of H-pyrrole nitrogens is 1. The van der Waals surface area contributed by atoms with E-state index in [1.54, 1.807) is 18.2 Å². The van der Waals surface area contributed by atoms with E-state index in [2.05, 4.69) is 20.5 Å². The Morgan fingerprint density at radius 3 is 2.89 bits per heavy atom. The van der Waals surface area contributed by atoms with Gasteiger partial charge in [-0.05, 0) is 0 Å². The van der Waals surface area contributed by atoms with Gasteiger partial charge in [0.2, 0.25) is 5.82 Å². The third kappa shape index (κ3) is 2.48. The van der Waals surface area contributed by atoms with Crippen molar-refractivity contribution in [3.05, 3.63) is 52.1 Å². The topological polar surface area (TPSA) is 114 Å². The van der Waals surface area contributed by atoms with Crippen molar-refractivity contribution in [2.75, 3.05) is 0 Å². The fraction of sp³-hybridized carbons (Fsp3) is 0.100. The van der Waals surface area contributed by atoms with Gasteiger partial charge in [-0.2, -0.15) is 5.10 Å². The second-order valence-corrected chi connectivity index (χ2v) is 3.40. The number of benzene rings is 1. The maximum absolute atomic E-state index is 11.5. The molecule has 0 atom stereocenters. The van der Waals surface area contributed by atoms with E-state index in [4.69, 9.17) is 0 Å². The first-order valence-corrected chi connectivity index (χ1v) is 5.04. The van der Waals surface area contributed by atoms with E-state index in [1.165, 1.54) is 12.4 Å². The zero-order valence-electron chi connectivity index (χ0n) is 9.16. The van der Waals surface area contributed by atoms with Crippen LogP contribution in [-0.2, 0) is 6.54 Å². The molecular formula is C10H9N5O3. The summed E-state index contributed by atoms with van der Waals surface area (Å²) in [6.45, 7) is 0.0523. The lowest BCUT2D eigenvalue weighted by atomic mass is 10.2. The van der Waals surface area contributed by atoms with Crippen LogP contribution in [0, 0.1) is 10.1 Å². The van der Waals surface area contributed by atoms with Gasteiger partial charge in [0, 0.05) is 18.2 Å². The molecule has 1 amide bonds. The largest absolute Gasteiger partial charge is 0.345 e. The van der Waals surface area contributed by atoms with Crippen molar-refractivity contribution in [1.82, 2.24) is 20.5 Å². The Kier molecular flexibility index (Phi) is 3.28. The van der Waals surface area contributed by atoms with Gasteiger partial charge in [-0.3, -0.25) is 20.0 Å². The number of nitro benzene ring substituents is 1. The molecule has 18 heavy (non-hydrogen) atoms. The Hall–Kier alpha value is -2.77. The van der Waals surface area contributed by atoms with E-state index in [-0.39, 0.29) is 18.1 Å². The number of nitrogens with one attached hydrogen (secondary N) is 2. The van der Waals surface area contributed by atoms with Gasteiger partial charge in [-0.25, -0.2) is 4.98 Å². The van der Waals surface area contributed by atoms with Gasteiger partial charge < -0.3 is 5.32 Å². The van der Waals surface area contributed by atoms with Crippen molar-refractivity contribution < 1.29 is 9.72 Å². The number of amides is 1. The highest BCUT2D eigenvalue weighted by Gasteiger charge is 2.14. The van der Waals surface area contributed by atoms with Gasteiger partial charge >= 0.3 is 0 Å². The van der Waals surface area contributed by atoms with E-state index in [0.29, 0.717) is 5.56 Å². The fourth-order valence-electron chi connectivity index (χ4n) is 1.41. The van der Waals surface area contributed by atoms with E-state index in [9.17, 15) is 14.9 Å². The van der Waals surface area contributed by atoms with Gasteiger partial charge in [0.15, 0.2) is 0 Å². The number of carbonyl (C=O) groups excluding carboxylic acids is 1. The number of aromatic nitrogens is 3. The van der Waals surface area contributed by atoms with E-state index >= 15 is 0 Å². The molecular weight excluding hydrogens is 238 g/mol. The van der Waals surface area contributed by atoms with Crippen LogP contribution in [0.15, 0.2) is 30.6 Å². The lowest BCUT2D eigenvalue weighted by Crippen LogP contribution is -2.24. The van der Waals surface area contributed by atoms with Crippen molar-refractivity contribution in [3.63, 3.8) is 0 Å². The van der Waals surface area contributed by atoms with E-state index in [0.717, 1.165) is 0 Å². The van der Waals surface area contributed by atoms with Crippen molar-refractivity contribution in [3.8, 4) is 0 Å². The molecule has 0 saturated heterocycles. The minimum atomic E-state index is -0.490. The molecule has 0 aliphatic heterocycles. The summed E-state index contributed by atoms with van der Waals surface area (Å²) in [6, 6.07) is 6.21. The molecule has 92 valence electrons. The maximum Gasteiger partial charge on any atom is 0.288 e. The van der Waals surface area contributed by atoms with Crippen molar-refractivity contribution >= 4 is 11.6 Å². The molecule has 1 aromatic heterocycles. The molecule has 0 spiro atoms. The Labute approximate surface area is 101 Å². The van der Waals surface area contributed by atoms with Crippen LogP contribution in [0.3, 0.4) is 0 Å². The molecule has 2 rings (SSSR count). The summed E-state index contributed by atoms with van der Waals surface area (Å²) in [5.41, 5.74) is 0.394. The lowest BCUT2D eigenvalue weighted by molar-refractivity contribution is -0.385. The SMILES string of the molecule is O=C(NCc1ccccc1[N+](=O)[O-])c1ncn[nH]1. The number of aromatic amines is 1.